The number of para-hydroxylation sites is 1. The van der Waals surface area contributed by atoms with Gasteiger partial charge in [0.25, 0.3) is 5.91 Å². The number of ether oxygens (including phenoxy) is 2. The zero-order valence-electron chi connectivity index (χ0n) is 15.1. The average molecular weight is 343 g/mol. The Labute approximate surface area is 148 Å². The van der Waals surface area contributed by atoms with Crippen molar-refractivity contribution in [2.75, 3.05) is 27.3 Å². The minimum absolute atomic E-state index is 0.00742. The summed E-state index contributed by atoms with van der Waals surface area (Å²) in [5.41, 5.74) is 0.561. The van der Waals surface area contributed by atoms with E-state index in [4.69, 9.17) is 9.47 Å². The molecule has 0 radical (unpaired) electrons. The molecule has 1 aromatic heterocycles. The van der Waals surface area contributed by atoms with Crippen molar-refractivity contribution in [1.82, 2.24) is 14.5 Å². The molecule has 2 heterocycles. The van der Waals surface area contributed by atoms with E-state index < -0.39 is 0 Å². The second kappa shape index (κ2) is 7.59. The zero-order valence-corrected chi connectivity index (χ0v) is 15.1. The number of nitrogens with zero attached hydrogens (tertiary/aromatic N) is 3. The van der Waals surface area contributed by atoms with Crippen LogP contribution < -0.4 is 9.47 Å². The van der Waals surface area contributed by atoms with E-state index in [0.717, 1.165) is 38.3 Å². The molecule has 0 spiro atoms. The normalized spacial score (nSPS) is 15.2. The smallest absolute Gasteiger partial charge is 0.257 e. The molecule has 1 aromatic carbocycles. The van der Waals surface area contributed by atoms with Gasteiger partial charge in [-0.25, -0.2) is 4.98 Å². The third kappa shape index (κ3) is 3.62. The SMILES string of the molecule is COc1cccc(C(=O)N2CCC(Cn3ccnc3C)CC2)c1OC. The molecule has 1 aliphatic heterocycles. The number of hydrogen-bond donors (Lipinski definition) is 0. The molecular weight excluding hydrogens is 318 g/mol. The Kier molecular flexibility index (Phi) is 5.26. The summed E-state index contributed by atoms with van der Waals surface area (Å²) in [4.78, 5) is 19.1. The molecule has 0 atom stereocenters. The number of aromatic nitrogens is 2. The largest absolute Gasteiger partial charge is 0.493 e. The second-order valence-electron chi connectivity index (χ2n) is 6.40. The molecule has 1 saturated heterocycles. The van der Waals surface area contributed by atoms with Crippen LogP contribution in [0.4, 0.5) is 0 Å². The molecule has 0 N–H and O–H groups in total. The minimum Gasteiger partial charge on any atom is -0.493 e. The first-order valence-corrected chi connectivity index (χ1v) is 8.62. The highest BCUT2D eigenvalue weighted by molar-refractivity contribution is 5.97. The number of benzene rings is 1. The van der Waals surface area contributed by atoms with Crippen LogP contribution in [0.15, 0.2) is 30.6 Å². The third-order valence-corrected chi connectivity index (χ3v) is 4.91. The maximum Gasteiger partial charge on any atom is 0.257 e. The lowest BCUT2D eigenvalue weighted by Crippen LogP contribution is -2.39. The number of carbonyl (C=O) groups is 1. The Morgan fingerprint density at radius 1 is 1.24 bits per heavy atom. The van der Waals surface area contributed by atoms with Crippen LogP contribution in [0.1, 0.15) is 29.0 Å². The summed E-state index contributed by atoms with van der Waals surface area (Å²) in [5, 5.41) is 0. The number of hydrogen-bond acceptors (Lipinski definition) is 4. The van der Waals surface area contributed by atoms with Crippen LogP contribution in [0.5, 0.6) is 11.5 Å². The predicted molar refractivity (Wildman–Crippen MR) is 95.1 cm³/mol. The van der Waals surface area contributed by atoms with E-state index in [2.05, 4.69) is 9.55 Å². The molecular formula is C19H25N3O3. The number of piperidine rings is 1. The van der Waals surface area contributed by atoms with Gasteiger partial charge in [0.2, 0.25) is 0 Å². The Balaban J connectivity index is 1.65. The summed E-state index contributed by atoms with van der Waals surface area (Å²) in [5.74, 6) is 2.71. The van der Waals surface area contributed by atoms with E-state index in [-0.39, 0.29) is 5.91 Å². The van der Waals surface area contributed by atoms with Gasteiger partial charge in [-0.15, -0.1) is 0 Å². The van der Waals surface area contributed by atoms with Gasteiger partial charge < -0.3 is 18.9 Å². The summed E-state index contributed by atoms with van der Waals surface area (Å²) < 4.78 is 12.9. The van der Waals surface area contributed by atoms with Crippen LogP contribution in [0.3, 0.4) is 0 Å². The first kappa shape index (κ1) is 17.3. The lowest BCUT2D eigenvalue weighted by molar-refractivity contribution is 0.0678. The fraction of sp³-hybridized carbons (Fsp3) is 0.474. The number of likely N-dealkylation sites (tertiary alicyclic amines) is 1. The first-order valence-electron chi connectivity index (χ1n) is 8.62. The van der Waals surface area contributed by atoms with Gasteiger partial charge in [0.15, 0.2) is 11.5 Å². The molecule has 25 heavy (non-hydrogen) atoms. The van der Waals surface area contributed by atoms with Crippen molar-refractivity contribution in [1.29, 1.82) is 0 Å². The third-order valence-electron chi connectivity index (χ3n) is 4.91. The minimum atomic E-state index is 0.00742. The molecule has 1 fully saturated rings. The van der Waals surface area contributed by atoms with Gasteiger partial charge in [-0.05, 0) is 37.8 Å². The lowest BCUT2D eigenvalue weighted by atomic mass is 9.96. The maximum absolute atomic E-state index is 12.9. The van der Waals surface area contributed by atoms with Crippen molar-refractivity contribution in [2.24, 2.45) is 5.92 Å². The number of rotatable bonds is 5. The standard InChI is InChI=1S/C19H25N3O3/c1-14-20-9-12-22(14)13-15-7-10-21(11-8-15)19(23)16-5-4-6-17(24-2)18(16)25-3/h4-6,9,12,15H,7-8,10-11,13H2,1-3H3. The zero-order chi connectivity index (χ0) is 17.8. The van der Waals surface area contributed by atoms with E-state index in [9.17, 15) is 4.79 Å². The van der Waals surface area contributed by atoms with Gasteiger partial charge >= 0.3 is 0 Å². The second-order valence-corrected chi connectivity index (χ2v) is 6.40. The van der Waals surface area contributed by atoms with Crippen LogP contribution >= 0.6 is 0 Å². The number of carbonyl (C=O) groups excluding carboxylic acids is 1. The summed E-state index contributed by atoms with van der Waals surface area (Å²) in [7, 11) is 3.14. The van der Waals surface area contributed by atoms with Gasteiger partial charge in [-0.1, -0.05) is 6.07 Å². The molecule has 0 aliphatic carbocycles. The van der Waals surface area contributed by atoms with Crippen molar-refractivity contribution < 1.29 is 14.3 Å². The quantitative estimate of drug-likeness (QED) is 0.838. The van der Waals surface area contributed by atoms with Gasteiger partial charge in [-0.2, -0.15) is 0 Å². The van der Waals surface area contributed by atoms with Crippen molar-refractivity contribution in [2.45, 2.75) is 26.3 Å². The van der Waals surface area contributed by atoms with E-state index in [0.29, 0.717) is 23.0 Å². The molecule has 134 valence electrons. The Morgan fingerprint density at radius 2 is 2.00 bits per heavy atom. The highest BCUT2D eigenvalue weighted by atomic mass is 16.5. The van der Waals surface area contributed by atoms with Gasteiger partial charge in [0.1, 0.15) is 5.82 Å². The monoisotopic (exact) mass is 343 g/mol. The molecule has 1 aliphatic rings. The Hall–Kier alpha value is -2.50. The van der Waals surface area contributed by atoms with Crippen LogP contribution in [0.25, 0.3) is 0 Å². The number of methoxy groups -OCH3 is 2. The fourth-order valence-electron chi connectivity index (χ4n) is 3.42. The van der Waals surface area contributed by atoms with E-state index in [1.165, 1.54) is 0 Å². The van der Waals surface area contributed by atoms with Crippen LogP contribution in [-0.2, 0) is 6.54 Å². The van der Waals surface area contributed by atoms with Gasteiger partial charge in [0, 0.05) is 32.0 Å². The average Bonchev–Trinajstić information content (AvgIpc) is 3.05. The van der Waals surface area contributed by atoms with E-state index in [1.807, 2.05) is 30.3 Å². The number of imidazole rings is 1. The first-order chi connectivity index (χ1) is 12.1. The predicted octanol–water partition coefficient (Wildman–Crippen LogP) is 2.76. The maximum atomic E-state index is 12.9. The topological polar surface area (TPSA) is 56.6 Å². The summed E-state index contributed by atoms with van der Waals surface area (Å²) in [6, 6.07) is 5.42. The highest BCUT2D eigenvalue weighted by Gasteiger charge is 2.26. The summed E-state index contributed by atoms with van der Waals surface area (Å²) in [6.45, 7) is 4.51. The molecule has 2 aromatic rings. The molecule has 1 amide bonds. The summed E-state index contributed by atoms with van der Waals surface area (Å²) >= 11 is 0. The number of aryl methyl sites for hydroxylation is 1. The highest BCUT2D eigenvalue weighted by Crippen LogP contribution is 2.32. The van der Waals surface area contributed by atoms with Crippen LogP contribution in [0.2, 0.25) is 0 Å². The van der Waals surface area contributed by atoms with Crippen molar-refractivity contribution in [3.63, 3.8) is 0 Å². The fourth-order valence-corrected chi connectivity index (χ4v) is 3.42. The molecule has 6 nitrogen and oxygen atoms in total. The lowest BCUT2D eigenvalue weighted by Gasteiger charge is -2.32. The van der Waals surface area contributed by atoms with Crippen molar-refractivity contribution in [3.8, 4) is 11.5 Å². The molecule has 0 saturated carbocycles. The van der Waals surface area contributed by atoms with Crippen molar-refractivity contribution in [3.05, 3.63) is 42.0 Å². The van der Waals surface area contributed by atoms with Crippen LogP contribution in [0, 0.1) is 12.8 Å². The Bertz CT molecular complexity index is 733. The van der Waals surface area contributed by atoms with Gasteiger partial charge in [0.05, 0.1) is 19.8 Å². The molecule has 6 heteroatoms. The van der Waals surface area contributed by atoms with E-state index >= 15 is 0 Å². The van der Waals surface area contributed by atoms with Crippen LogP contribution in [-0.4, -0.2) is 47.7 Å². The van der Waals surface area contributed by atoms with E-state index in [1.54, 1.807) is 26.4 Å². The Morgan fingerprint density at radius 3 is 2.60 bits per heavy atom. The molecule has 0 unspecified atom stereocenters. The van der Waals surface area contributed by atoms with Gasteiger partial charge in [-0.3, -0.25) is 4.79 Å². The van der Waals surface area contributed by atoms with Crippen molar-refractivity contribution >= 4 is 5.91 Å². The molecule has 0 bridgehead atoms. The molecule has 3 rings (SSSR count). The number of amides is 1. The summed E-state index contributed by atoms with van der Waals surface area (Å²) in [6.07, 6.45) is 5.85.